The van der Waals surface area contributed by atoms with Crippen LogP contribution in [-0.2, 0) is 4.74 Å². The van der Waals surface area contributed by atoms with E-state index in [1.807, 2.05) is 0 Å². The minimum Gasteiger partial charge on any atom is -0.374 e. The second-order valence-electron chi connectivity index (χ2n) is 5.20. The van der Waals surface area contributed by atoms with Crippen LogP contribution in [0.1, 0.15) is 72.6 Å². The van der Waals surface area contributed by atoms with Crippen LogP contribution < -0.4 is 5.32 Å². The average molecular weight is 243 g/mol. The molecule has 0 rings (SSSR count). The van der Waals surface area contributed by atoms with Gasteiger partial charge in [0.1, 0.15) is 0 Å². The molecule has 104 valence electrons. The van der Waals surface area contributed by atoms with Crippen LogP contribution in [0.2, 0.25) is 0 Å². The maximum Gasteiger partial charge on any atom is 0.0775 e. The van der Waals surface area contributed by atoms with Crippen molar-refractivity contribution in [3.05, 3.63) is 0 Å². The molecule has 1 atom stereocenters. The first-order chi connectivity index (χ1) is 8.18. The molecule has 17 heavy (non-hydrogen) atoms. The first kappa shape index (κ1) is 16.9. The zero-order valence-corrected chi connectivity index (χ0v) is 12.5. The van der Waals surface area contributed by atoms with Crippen molar-refractivity contribution >= 4 is 0 Å². The number of rotatable bonds is 12. The van der Waals surface area contributed by atoms with E-state index < -0.39 is 0 Å². The van der Waals surface area contributed by atoms with E-state index >= 15 is 0 Å². The summed E-state index contributed by atoms with van der Waals surface area (Å²) in [6.45, 7) is 11.7. The van der Waals surface area contributed by atoms with E-state index in [0.717, 1.165) is 26.1 Å². The summed E-state index contributed by atoms with van der Waals surface area (Å²) in [7, 11) is 0. The van der Waals surface area contributed by atoms with E-state index in [1.54, 1.807) is 0 Å². The van der Waals surface area contributed by atoms with Gasteiger partial charge in [-0.1, -0.05) is 52.9 Å². The molecule has 0 spiro atoms. The van der Waals surface area contributed by atoms with E-state index in [9.17, 15) is 0 Å². The molecule has 0 radical (unpaired) electrons. The largest absolute Gasteiger partial charge is 0.374 e. The molecule has 2 nitrogen and oxygen atoms in total. The molecule has 0 aliphatic rings. The predicted molar refractivity (Wildman–Crippen MR) is 76.6 cm³/mol. The highest BCUT2D eigenvalue weighted by Crippen LogP contribution is 2.15. The summed E-state index contributed by atoms with van der Waals surface area (Å²) in [4.78, 5) is 0. The molecule has 0 heterocycles. The monoisotopic (exact) mass is 243 g/mol. The molecule has 0 saturated heterocycles. The highest BCUT2D eigenvalue weighted by atomic mass is 16.5. The lowest BCUT2D eigenvalue weighted by atomic mass is 10.0. The topological polar surface area (TPSA) is 21.3 Å². The highest BCUT2D eigenvalue weighted by molar-refractivity contribution is 4.75. The molecule has 0 saturated carbocycles. The fourth-order valence-electron chi connectivity index (χ4n) is 1.87. The third kappa shape index (κ3) is 9.61. The van der Waals surface area contributed by atoms with Crippen LogP contribution in [0.3, 0.4) is 0 Å². The van der Waals surface area contributed by atoms with Gasteiger partial charge in [0.25, 0.3) is 0 Å². The van der Waals surface area contributed by atoms with Crippen molar-refractivity contribution < 1.29 is 4.74 Å². The van der Waals surface area contributed by atoms with Crippen molar-refractivity contribution in [1.29, 1.82) is 0 Å². The molecule has 0 aliphatic heterocycles. The summed E-state index contributed by atoms with van der Waals surface area (Å²) in [5.41, 5.74) is 0.0272. The van der Waals surface area contributed by atoms with Crippen molar-refractivity contribution in [2.24, 2.45) is 0 Å². The van der Waals surface area contributed by atoms with Crippen LogP contribution in [0.25, 0.3) is 0 Å². The zero-order valence-electron chi connectivity index (χ0n) is 12.5. The van der Waals surface area contributed by atoms with Crippen LogP contribution in [0.15, 0.2) is 0 Å². The molecule has 1 N–H and O–H groups in total. The third-order valence-corrected chi connectivity index (χ3v) is 3.45. The van der Waals surface area contributed by atoms with E-state index in [-0.39, 0.29) is 5.60 Å². The number of ether oxygens (including phenoxy) is 1. The lowest BCUT2D eigenvalue weighted by Gasteiger charge is -2.29. The quantitative estimate of drug-likeness (QED) is 0.520. The van der Waals surface area contributed by atoms with Crippen molar-refractivity contribution in [2.75, 3.05) is 19.7 Å². The lowest BCUT2D eigenvalue weighted by Crippen LogP contribution is -2.40. The molecule has 0 bridgehead atoms. The van der Waals surface area contributed by atoms with Gasteiger partial charge in [-0.15, -0.1) is 0 Å². The number of unbranched alkanes of at least 4 members (excludes halogenated alkanes) is 5. The summed E-state index contributed by atoms with van der Waals surface area (Å²) in [5, 5.41) is 3.38. The van der Waals surface area contributed by atoms with Gasteiger partial charge >= 0.3 is 0 Å². The fraction of sp³-hybridized carbons (Fsp3) is 1.00. The van der Waals surface area contributed by atoms with Gasteiger partial charge in [-0.25, -0.2) is 0 Å². The third-order valence-electron chi connectivity index (χ3n) is 3.45. The number of hydrogen-bond donors (Lipinski definition) is 1. The minimum atomic E-state index is 0.0272. The van der Waals surface area contributed by atoms with Gasteiger partial charge in [0.05, 0.1) is 5.60 Å². The molecule has 0 aliphatic carbocycles. The standard InChI is InChI=1S/C15H33NO/c1-5-8-9-10-11-12-13-17-15(4,6-2)14-16-7-3/h16H,5-14H2,1-4H3. The Balaban J connectivity index is 3.48. The van der Waals surface area contributed by atoms with Gasteiger partial charge in [-0.05, 0) is 26.3 Å². The smallest absolute Gasteiger partial charge is 0.0775 e. The Bertz CT molecular complexity index is 161. The lowest BCUT2D eigenvalue weighted by molar-refractivity contribution is -0.0344. The molecule has 1 unspecified atom stereocenters. The van der Waals surface area contributed by atoms with Crippen molar-refractivity contribution in [2.45, 2.75) is 78.2 Å². The summed E-state index contributed by atoms with van der Waals surface area (Å²) in [5.74, 6) is 0. The molecule has 0 aromatic rings. The molecule has 0 fully saturated rings. The normalized spacial score (nSPS) is 14.8. The summed E-state index contributed by atoms with van der Waals surface area (Å²) < 4.78 is 6.02. The van der Waals surface area contributed by atoms with Crippen LogP contribution in [0.4, 0.5) is 0 Å². The Hall–Kier alpha value is -0.0800. The predicted octanol–water partition coefficient (Wildman–Crippen LogP) is 4.14. The van der Waals surface area contributed by atoms with Crippen LogP contribution in [0, 0.1) is 0 Å². The summed E-state index contributed by atoms with van der Waals surface area (Å²) in [6, 6.07) is 0. The molecular weight excluding hydrogens is 210 g/mol. The van der Waals surface area contributed by atoms with Gasteiger partial charge in [0, 0.05) is 13.2 Å². The van der Waals surface area contributed by atoms with Crippen molar-refractivity contribution in [3.63, 3.8) is 0 Å². The Labute approximate surface area is 109 Å². The van der Waals surface area contributed by atoms with E-state index in [0.29, 0.717) is 0 Å². The van der Waals surface area contributed by atoms with Crippen molar-refractivity contribution in [3.8, 4) is 0 Å². The number of likely N-dealkylation sites (N-methyl/N-ethyl adjacent to an activating group) is 1. The number of hydrogen-bond acceptors (Lipinski definition) is 2. The van der Waals surface area contributed by atoms with E-state index in [1.165, 1.54) is 38.5 Å². The maximum absolute atomic E-state index is 6.02. The fourth-order valence-corrected chi connectivity index (χ4v) is 1.87. The van der Waals surface area contributed by atoms with Gasteiger partial charge in [0.15, 0.2) is 0 Å². The van der Waals surface area contributed by atoms with Crippen LogP contribution in [-0.4, -0.2) is 25.3 Å². The second kappa shape index (κ2) is 11.0. The SMILES string of the molecule is CCCCCCCCOC(C)(CC)CNCC. The van der Waals surface area contributed by atoms with E-state index in [4.69, 9.17) is 4.74 Å². The summed E-state index contributed by atoms with van der Waals surface area (Å²) in [6.07, 6.45) is 9.08. The van der Waals surface area contributed by atoms with Gasteiger partial charge < -0.3 is 10.1 Å². The second-order valence-corrected chi connectivity index (χ2v) is 5.20. The molecular formula is C15H33NO. The molecule has 0 amide bonds. The first-order valence-corrected chi connectivity index (χ1v) is 7.53. The Kier molecular flexibility index (Phi) is 11.0. The zero-order chi connectivity index (χ0) is 13.0. The minimum absolute atomic E-state index is 0.0272. The molecule has 2 heteroatoms. The summed E-state index contributed by atoms with van der Waals surface area (Å²) >= 11 is 0. The Morgan fingerprint density at radius 3 is 2.18 bits per heavy atom. The van der Waals surface area contributed by atoms with Gasteiger partial charge in [-0.3, -0.25) is 0 Å². The maximum atomic E-state index is 6.02. The van der Waals surface area contributed by atoms with Crippen LogP contribution in [0.5, 0.6) is 0 Å². The van der Waals surface area contributed by atoms with Gasteiger partial charge in [-0.2, -0.15) is 0 Å². The Morgan fingerprint density at radius 2 is 1.59 bits per heavy atom. The van der Waals surface area contributed by atoms with E-state index in [2.05, 4.69) is 33.0 Å². The van der Waals surface area contributed by atoms with Crippen LogP contribution >= 0.6 is 0 Å². The first-order valence-electron chi connectivity index (χ1n) is 7.53. The highest BCUT2D eigenvalue weighted by Gasteiger charge is 2.21. The number of nitrogens with one attached hydrogen (secondary N) is 1. The Morgan fingerprint density at radius 1 is 0.941 bits per heavy atom. The molecule has 0 aromatic carbocycles. The molecule has 0 aromatic heterocycles. The average Bonchev–Trinajstić information content (AvgIpc) is 2.35. The van der Waals surface area contributed by atoms with Crippen molar-refractivity contribution in [1.82, 2.24) is 5.32 Å². The van der Waals surface area contributed by atoms with Gasteiger partial charge in [0.2, 0.25) is 0 Å².